The van der Waals surface area contributed by atoms with Crippen molar-refractivity contribution in [3.8, 4) is 0 Å². The number of halogens is 2. The molecule has 0 saturated carbocycles. The van der Waals surface area contributed by atoms with Crippen LogP contribution in [0.25, 0.3) is 11.7 Å². The standard InChI is InChI=1S/C17H14Cl2N4O/c18-13-6-4-12(14(19)11-13)5-7-17(24)20-9-8-16-22-21-15-3-1-2-10-23(15)16/h1-7,10-11H,8-9H2,(H,20,24). The first-order chi connectivity index (χ1) is 11.6. The van der Waals surface area contributed by atoms with Crippen molar-refractivity contribution in [2.75, 3.05) is 6.54 Å². The van der Waals surface area contributed by atoms with E-state index in [1.54, 1.807) is 24.3 Å². The molecule has 2 heterocycles. The van der Waals surface area contributed by atoms with Crippen molar-refractivity contribution >= 4 is 40.8 Å². The van der Waals surface area contributed by atoms with E-state index in [1.165, 1.54) is 6.08 Å². The molecule has 3 rings (SSSR count). The molecule has 1 aromatic carbocycles. The molecule has 7 heteroatoms. The summed E-state index contributed by atoms with van der Waals surface area (Å²) in [7, 11) is 0. The van der Waals surface area contributed by atoms with Gasteiger partial charge in [-0.3, -0.25) is 9.20 Å². The van der Waals surface area contributed by atoms with E-state index in [0.717, 1.165) is 17.0 Å². The zero-order valence-electron chi connectivity index (χ0n) is 12.6. The van der Waals surface area contributed by atoms with E-state index in [9.17, 15) is 4.79 Å². The Bertz CT molecular complexity index is 904. The minimum absolute atomic E-state index is 0.199. The van der Waals surface area contributed by atoms with Crippen molar-refractivity contribution in [2.24, 2.45) is 0 Å². The molecular formula is C17H14Cl2N4O. The van der Waals surface area contributed by atoms with Gasteiger partial charge in [-0.25, -0.2) is 0 Å². The summed E-state index contributed by atoms with van der Waals surface area (Å²) in [6, 6.07) is 10.8. The maximum Gasteiger partial charge on any atom is 0.244 e. The van der Waals surface area contributed by atoms with Gasteiger partial charge in [0.2, 0.25) is 5.91 Å². The second-order valence-corrected chi connectivity index (χ2v) is 5.93. The molecule has 2 aromatic heterocycles. The third-order valence-corrected chi connectivity index (χ3v) is 3.97. The van der Waals surface area contributed by atoms with E-state index in [4.69, 9.17) is 23.2 Å². The van der Waals surface area contributed by atoms with Crippen LogP contribution in [0.2, 0.25) is 10.0 Å². The monoisotopic (exact) mass is 360 g/mol. The summed E-state index contributed by atoms with van der Waals surface area (Å²) in [5.74, 6) is 0.602. The average Bonchev–Trinajstić information content (AvgIpc) is 2.97. The van der Waals surface area contributed by atoms with E-state index in [0.29, 0.717) is 23.0 Å². The number of carbonyl (C=O) groups excluding carboxylic acids is 1. The molecule has 0 unspecified atom stereocenters. The lowest BCUT2D eigenvalue weighted by molar-refractivity contribution is -0.116. The van der Waals surface area contributed by atoms with Crippen molar-refractivity contribution in [1.82, 2.24) is 19.9 Å². The van der Waals surface area contributed by atoms with Gasteiger partial charge in [-0.1, -0.05) is 35.3 Å². The van der Waals surface area contributed by atoms with Crippen LogP contribution in [0.5, 0.6) is 0 Å². The fourth-order valence-corrected chi connectivity index (χ4v) is 2.69. The molecule has 0 spiro atoms. The summed E-state index contributed by atoms with van der Waals surface area (Å²) in [6.45, 7) is 0.465. The summed E-state index contributed by atoms with van der Waals surface area (Å²) in [5.41, 5.74) is 1.52. The van der Waals surface area contributed by atoms with Crippen molar-refractivity contribution in [3.05, 3.63) is 70.1 Å². The first kappa shape index (κ1) is 16.5. The highest BCUT2D eigenvalue weighted by Gasteiger charge is 2.05. The molecule has 3 aromatic rings. The number of nitrogens with zero attached hydrogens (tertiary/aromatic N) is 3. The predicted molar refractivity (Wildman–Crippen MR) is 95.2 cm³/mol. The average molecular weight is 361 g/mol. The molecule has 1 amide bonds. The quantitative estimate of drug-likeness (QED) is 0.709. The van der Waals surface area contributed by atoms with Crippen LogP contribution in [0, 0.1) is 0 Å². The Morgan fingerprint density at radius 1 is 1.21 bits per heavy atom. The Morgan fingerprint density at radius 2 is 2.08 bits per heavy atom. The fraction of sp³-hybridized carbons (Fsp3) is 0.118. The van der Waals surface area contributed by atoms with Gasteiger partial charge in [0.1, 0.15) is 5.82 Å². The molecule has 0 atom stereocenters. The minimum atomic E-state index is -0.199. The number of nitrogens with one attached hydrogen (secondary N) is 1. The lowest BCUT2D eigenvalue weighted by Gasteiger charge is -2.02. The van der Waals surface area contributed by atoms with Gasteiger partial charge >= 0.3 is 0 Å². The zero-order valence-corrected chi connectivity index (χ0v) is 14.1. The molecule has 0 radical (unpaired) electrons. The SMILES string of the molecule is O=C(C=Cc1ccc(Cl)cc1Cl)NCCc1nnc2ccccn12. The van der Waals surface area contributed by atoms with Crippen molar-refractivity contribution in [2.45, 2.75) is 6.42 Å². The maximum atomic E-state index is 11.9. The Morgan fingerprint density at radius 3 is 2.92 bits per heavy atom. The number of amides is 1. The number of pyridine rings is 1. The molecule has 0 aliphatic carbocycles. The van der Waals surface area contributed by atoms with Crippen LogP contribution in [0.3, 0.4) is 0 Å². The number of hydrogen-bond donors (Lipinski definition) is 1. The van der Waals surface area contributed by atoms with Crippen LogP contribution in [-0.2, 0) is 11.2 Å². The van der Waals surface area contributed by atoms with Crippen molar-refractivity contribution < 1.29 is 4.79 Å². The van der Waals surface area contributed by atoms with Crippen molar-refractivity contribution in [1.29, 1.82) is 0 Å². The molecule has 0 aliphatic heterocycles. The van der Waals surface area contributed by atoms with Gasteiger partial charge in [-0.05, 0) is 35.9 Å². The lowest BCUT2D eigenvalue weighted by atomic mass is 10.2. The highest BCUT2D eigenvalue weighted by molar-refractivity contribution is 6.35. The van der Waals surface area contributed by atoms with Crippen LogP contribution in [-0.4, -0.2) is 27.0 Å². The molecule has 24 heavy (non-hydrogen) atoms. The largest absolute Gasteiger partial charge is 0.352 e. The van der Waals surface area contributed by atoms with Crippen LogP contribution >= 0.6 is 23.2 Å². The zero-order chi connectivity index (χ0) is 16.9. The van der Waals surface area contributed by atoms with Crippen molar-refractivity contribution in [3.63, 3.8) is 0 Å². The third kappa shape index (κ3) is 3.93. The Kier molecular flexibility index (Phi) is 5.13. The maximum absolute atomic E-state index is 11.9. The summed E-state index contributed by atoms with van der Waals surface area (Å²) in [6.07, 6.45) is 5.58. The predicted octanol–water partition coefficient (Wildman–Crippen LogP) is 3.41. The van der Waals surface area contributed by atoms with Gasteiger partial charge < -0.3 is 5.32 Å². The van der Waals surface area contributed by atoms with Crippen LogP contribution in [0.15, 0.2) is 48.7 Å². The summed E-state index contributed by atoms with van der Waals surface area (Å²) in [5, 5.41) is 12.1. The smallest absolute Gasteiger partial charge is 0.244 e. The van der Waals surface area contributed by atoms with Crippen LogP contribution < -0.4 is 5.32 Å². The van der Waals surface area contributed by atoms with E-state index < -0.39 is 0 Å². The minimum Gasteiger partial charge on any atom is -0.352 e. The highest BCUT2D eigenvalue weighted by Crippen LogP contribution is 2.21. The Hall–Kier alpha value is -2.37. The Balaban J connectivity index is 1.55. The first-order valence-corrected chi connectivity index (χ1v) is 8.09. The summed E-state index contributed by atoms with van der Waals surface area (Å²) >= 11 is 11.9. The topological polar surface area (TPSA) is 59.3 Å². The number of aromatic nitrogens is 3. The van der Waals surface area contributed by atoms with Gasteiger partial charge in [0.05, 0.1) is 0 Å². The Labute approximate surface area is 148 Å². The van der Waals surface area contributed by atoms with Gasteiger partial charge in [0.25, 0.3) is 0 Å². The molecule has 0 bridgehead atoms. The second kappa shape index (κ2) is 7.47. The van der Waals surface area contributed by atoms with E-state index >= 15 is 0 Å². The van der Waals surface area contributed by atoms with Gasteiger partial charge in [0, 0.05) is 35.3 Å². The number of hydrogen-bond acceptors (Lipinski definition) is 3. The van der Waals surface area contributed by atoms with Crippen LogP contribution in [0.1, 0.15) is 11.4 Å². The normalized spacial score (nSPS) is 11.2. The fourth-order valence-electron chi connectivity index (χ4n) is 2.22. The van der Waals surface area contributed by atoms with Crippen LogP contribution in [0.4, 0.5) is 0 Å². The molecule has 5 nitrogen and oxygen atoms in total. The summed E-state index contributed by atoms with van der Waals surface area (Å²) in [4.78, 5) is 11.9. The van der Waals surface area contributed by atoms with E-state index in [2.05, 4.69) is 15.5 Å². The van der Waals surface area contributed by atoms with Gasteiger partial charge in [-0.2, -0.15) is 0 Å². The number of carbonyl (C=O) groups is 1. The molecule has 122 valence electrons. The molecular weight excluding hydrogens is 347 g/mol. The molecule has 0 saturated heterocycles. The number of rotatable bonds is 5. The molecule has 0 aliphatic rings. The molecule has 1 N–H and O–H groups in total. The van der Waals surface area contributed by atoms with Gasteiger partial charge in [0.15, 0.2) is 5.65 Å². The number of benzene rings is 1. The molecule has 0 fully saturated rings. The number of fused-ring (bicyclic) bond motifs is 1. The first-order valence-electron chi connectivity index (χ1n) is 7.33. The summed E-state index contributed by atoms with van der Waals surface area (Å²) < 4.78 is 1.90. The van der Waals surface area contributed by atoms with E-state index in [-0.39, 0.29) is 5.91 Å². The lowest BCUT2D eigenvalue weighted by Crippen LogP contribution is -2.24. The van der Waals surface area contributed by atoms with Gasteiger partial charge in [-0.15, -0.1) is 10.2 Å². The third-order valence-electron chi connectivity index (χ3n) is 3.41. The van der Waals surface area contributed by atoms with E-state index in [1.807, 2.05) is 28.8 Å². The second-order valence-electron chi connectivity index (χ2n) is 5.09. The highest BCUT2D eigenvalue weighted by atomic mass is 35.5.